The van der Waals surface area contributed by atoms with E-state index in [1.165, 1.54) is 15.9 Å². The molecule has 0 radical (unpaired) electrons. The molecule has 0 saturated carbocycles. The van der Waals surface area contributed by atoms with Crippen LogP contribution >= 0.6 is 7.26 Å². The standard InChI is InChI=1S/C33H38O6P.BrH/c1-26-32(38-25-36-3)31(33(34)39-26)23-27(37-24-35-2)15-13-14-22-40(28-16-7-4-8-17-28,29-18-9-5-10-19-29)30-20-11-6-12-21-30;/h4-12,16-21,26-27,31-32H,15,22-25H2,1-3H3;1H/q+1;/p-1/t26-,27+,31?,32?;/m0./s1. The molecule has 1 aliphatic heterocycles. The van der Waals surface area contributed by atoms with Crippen molar-refractivity contribution in [1.29, 1.82) is 0 Å². The Morgan fingerprint density at radius 2 is 1.32 bits per heavy atom. The molecule has 4 rings (SSSR count). The van der Waals surface area contributed by atoms with Gasteiger partial charge in [0.1, 0.15) is 55.1 Å². The van der Waals surface area contributed by atoms with E-state index < -0.39 is 19.3 Å². The number of hydrogen-bond acceptors (Lipinski definition) is 6. The van der Waals surface area contributed by atoms with Crippen molar-refractivity contribution in [3.63, 3.8) is 0 Å². The van der Waals surface area contributed by atoms with Gasteiger partial charge in [0.25, 0.3) is 0 Å². The number of halogens is 1. The minimum absolute atomic E-state index is 0. The van der Waals surface area contributed by atoms with E-state index in [0.29, 0.717) is 19.0 Å². The third-order valence-corrected chi connectivity index (χ3v) is 11.3. The van der Waals surface area contributed by atoms with Gasteiger partial charge in [0.05, 0.1) is 12.0 Å². The molecule has 3 aromatic rings. The summed E-state index contributed by atoms with van der Waals surface area (Å²) in [7, 11) is 1.09. The highest BCUT2D eigenvalue weighted by molar-refractivity contribution is 7.95. The van der Waals surface area contributed by atoms with Gasteiger partial charge in [0.2, 0.25) is 0 Å². The quantitative estimate of drug-likeness (QED) is 0.122. The van der Waals surface area contributed by atoms with Gasteiger partial charge in [-0.1, -0.05) is 66.4 Å². The van der Waals surface area contributed by atoms with Crippen molar-refractivity contribution < 1.29 is 45.5 Å². The zero-order valence-corrected chi connectivity index (χ0v) is 26.3. The second-order valence-corrected chi connectivity index (χ2v) is 13.2. The van der Waals surface area contributed by atoms with Gasteiger partial charge in [0.15, 0.2) is 0 Å². The van der Waals surface area contributed by atoms with Crippen LogP contribution in [0.15, 0.2) is 91.0 Å². The van der Waals surface area contributed by atoms with Crippen LogP contribution in [0.4, 0.5) is 0 Å². The predicted molar refractivity (Wildman–Crippen MR) is 160 cm³/mol. The topological polar surface area (TPSA) is 63.2 Å². The van der Waals surface area contributed by atoms with Gasteiger partial charge in [-0.05, 0) is 49.7 Å². The lowest BCUT2D eigenvalue weighted by atomic mass is 9.94. The van der Waals surface area contributed by atoms with Crippen LogP contribution in [0.5, 0.6) is 0 Å². The monoisotopic (exact) mass is 640 g/mol. The Balaban J connectivity index is 0.00000462. The van der Waals surface area contributed by atoms with E-state index in [1.54, 1.807) is 14.2 Å². The number of methoxy groups -OCH3 is 2. The summed E-state index contributed by atoms with van der Waals surface area (Å²) < 4.78 is 27.5. The maximum atomic E-state index is 12.6. The average molecular weight is 642 g/mol. The Bertz CT molecular complexity index is 1150. The largest absolute Gasteiger partial charge is 1.00 e. The molecule has 8 heteroatoms. The van der Waals surface area contributed by atoms with Crippen LogP contribution in [0.25, 0.3) is 0 Å². The summed E-state index contributed by atoms with van der Waals surface area (Å²) in [6, 6.07) is 32.0. The molecule has 2 unspecified atom stereocenters. The fraction of sp³-hybridized carbons (Fsp3) is 0.364. The van der Waals surface area contributed by atoms with Crippen LogP contribution in [0.2, 0.25) is 0 Å². The zero-order chi connectivity index (χ0) is 28.2. The summed E-state index contributed by atoms with van der Waals surface area (Å²) in [4.78, 5) is 12.6. The van der Waals surface area contributed by atoms with Gasteiger partial charge >= 0.3 is 5.97 Å². The normalized spacial score (nSPS) is 19.0. The molecule has 1 fully saturated rings. The molecular formula is C33H38BrO6P. The van der Waals surface area contributed by atoms with Crippen LogP contribution in [0, 0.1) is 17.8 Å². The number of ether oxygens (including phenoxy) is 5. The first kappa shape index (κ1) is 32.9. The summed E-state index contributed by atoms with van der Waals surface area (Å²) in [5.74, 6) is 6.18. The molecule has 0 spiro atoms. The maximum absolute atomic E-state index is 12.6. The summed E-state index contributed by atoms with van der Waals surface area (Å²) in [5.41, 5.74) is 0. The van der Waals surface area contributed by atoms with E-state index in [0.717, 1.165) is 0 Å². The minimum Gasteiger partial charge on any atom is -1.00 e. The third-order valence-electron chi connectivity index (χ3n) is 7.14. The molecule has 4 atom stereocenters. The zero-order valence-electron chi connectivity index (χ0n) is 23.8. The van der Waals surface area contributed by atoms with Crippen molar-refractivity contribution in [3.8, 4) is 11.8 Å². The molecule has 6 nitrogen and oxygen atoms in total. The number of benzene rings is 3. The van der Waals surface area contributed by atoms with Gasteiger partial charge in [-0.25, -0.2) is 0 Å². The summed E-state index contributed by atoms with van der Waals surface area (Å²) in [6.45, 7) is 2.04. The summed E-state index contributed by atoms with van der Waals surface area (Å²) in [6.07, 6.45) is 0.492. The smallest absolute Gasteiger partial charge is 0.312 e. The van der Waals surface area contributed by atoms with Crippen molar-refractivity contribution in [2.45, 2.75) is 38.1 Å². The van der Waals surface area contributed by atoms with E-state index >= 15 is 0 Å². The van der Waals surface area contributed by atoms with Gasteiger partial charge in [-0.2, -0.15) is 0 Å². The van der Waals surface area contributed by atoms with Crippen LogP contribution in [0.1, 0.15) is 19.8 Å². The van der Waals surface area contributed by atoms with Gasteiger partial charge < -0.3 is 40.7 Å². The van der Waals surface area contributed by atoms with Gasteiger partial charge in [0, 0.05) is 20.6 Å². The highest BCUT2D eigenvalue weighted by Gasteiger charge is 2.45. The molecule has 0 bridgehead atoms. The maximum Gasteiger partial charge on any atom is 0.312 e. The van der Waals surface area contributed by atoms with E-state index in [9.17, 15) is 4.79 Å². The Kier molecular flexibility index (Phi) is 13.5. The van der Waals surface area contributed by atoms with E-state index in [1.807, 2.05) is 6.92 Å². The van der Waals surface area contributed by atoms with Crippen molar-refractivity contribution in [3.05, 3.63) is 91.0 Å². The number of esters is 1. The van der Waals surface area contributed by atoms with Crippen LogP contribution in [0.3, 0.4) is 0 Å². The van der Waals surface area contributed by atoms with Crippen LogP contribution < -0.4 is 32.9 Å². The Labute approximate surface area is 254 Å². The molecule has 0 aromatic heterocycles. The molecule has 218 valence electrons. The lowest BCUT2D eigenvalue weighted by Gasteiger charge is -2.25. The summed E-state index contributed by atoms with van der Waals surface area (Å²) in [5, 5.41) is 3.86. The van der Waals surface area contributed by atoms with Crippen LogP contribution in [-0.4, -0.2) is 58.2 Å². The second-order valence-electron chi connectivity index (χ2n) is 9.75. The number of carbonyl (C=O) groups is 1. The molecule has 3 aromatic carbocycles. The number of cyclic esters (lactones) is 1. The van der Waals surface area contributed by atoms with Crippen molar-refractivity contribution in [2.75, 3.05) is 34.0 Å². The molecule has 0 amide bonds. The first-order valence-corrected chi connectivity index (χ1v) is 15.5. The molecule has 1 saturated heterocycles. The molecular weight excluding hydrogens is 603 g/mol. The molecule has 1 aliphatic rings. The van der Waals surface area contributed by atoms with E-state index in [2.05, 4.69) is 103 Å². The predicted octanol–water partition coefficient (Wildman–Crippen LogP) is 1.31. The lowest BCUT2D eigenvalue weighted by Crippen LogP contribution is -3.00. The first-order chi connectivity index (χ1) is 19.6. The SMILES string of the molecule is COCOC1C(C[C@@H](CC#CC[P+](c2ccccc2)(c2ccccc2)c2ccccc2)OCOC)C(=O)O[C@H]1C.[Br-]. The minimum atomic E-state index is -2.05. The fourth-order valence-electron chi connectivity index (χ4n) is 5.21. The Morgan fingerprint density at radius 1 is 0.805 bits per heavy atom. The van der Waals surface area contributed by atoms with Crippen molar-refractivity contribution >= 4 is 29.1 Å². The molecule has 0 N–H and O–H groups in total. The van der Waals surface area contributed by atoms with Gasteiger partial charge in [-0.15, -0.1) is 0 Å². The van der Waals surface area contributed by atoms with E-state index in [4.69, 9.17) is 23.7 Å². The van der Waals surface area contributed by atoms with Crippen LogP contribution in [-0.2, 0) is 28.5 Å². The lowest BCUT2D eigenvalue weighted by molar-refractivity contribution is -0.145. The average Bonchev–Trinajstić information content (AvgIpc) is 3.27. The third kappa shape index (κ3) is 8.26. The fourth-order valence-corrected chi connectivity index (χ4v) is 9.05. The molecule has 0 aliphatic carbocycles. The first-order valence-electron chi connectivity index (χ1n) is 13.5. The molecule has 1 heterocycles. The van der Waals surface area contributed by atoms with Crippen molar-refractivity contribution in [1.82, 2.24) is 0 Å². The highest BCUT2D eigenvalue weighted by Crippen LogP contribution is 2.54. The molecule has 41 heavy (non-hydrogen) atoms. The second kappa shape index (κ2) is 16.8. The Morgan fingerprint density at radius 3 is 1.80 bits per heavy atom. The number of rotatable bonds is 13. The number of carbonyl (C=O) groups excluding carboxylic acids is 1. The Hall–Kier alpha value is -2.56. The summed E-state index contributed by atoms with van der Waals surface area (Å²) >= 11 is 0. The highest BCUT2D eigenvalue weighted by atomic mass is 79.9. The van der Waals surface area contributed by atoms with E-state index in [-0.39, 0.29) is 48.7 Å². The van der Waals surface area contributed by atoms with Crippen molar-refractivity contribution in [2.24, 2.45) is 5.92 Å². The van der Waals surface area contributed by atoms with Gasteiger partial charge in [-0.3, -0.25) is 4.79 Å². The number of hydrogen-bond donors (Lipinski definition) is 0.